The molecule has 0 aliphatic carbocycles. The molecule has 0 spiro atoms. The molecule has 23 heavy (non-hydrogen) atoms. The van der Waals surface area contributed by atoms with E-state index in [9.17, 15) is 9.59 Å². The number of para-hydroxylation sites is 1. The third kappa shape index (κ3) is 3.54. The van der Waals surface area contributed by atoms with Crippen LogP contribution in [-0.2, 0) is 6.54 Å². The molecule has 1 aromatic carbocycles. The average molecular weight is 337 g/mol. The number of hydrogen-bond acceptors (Lipinski definition) is 4. The van der Waals surface area contributed by atoms with Gasteiger partial charge >= 0.3 is 0 Å². The molecule has 1 aliphatic heterocycles. The molecule has 3 rings (SSSR count). The van der Waals surface area contributed by atoms with Crippen molar-refractivity contribution in [1.82, 2.24) is 20.4 Å². The van der Waals surface area contributed by atoms with E-state index in [0.717, 1.165) is 31.4 Å². The summed E-state index contributed by atoms with van der Waals surface area (Å²) < 4.78 is 1.70. The van der Waals surface area contributed by atoms with Crippen LogP contribution in [0.15, 0.2) is 29.1 Å². The number of carbonyl (C=O) groups is 1. The number of nitrogens with zero attached hydrogens (tertiary/aromatic N) is 2. The summed E-state index contributed by atoms with van der Waals surface area (Å²) in [5, 5.41) is 10.9. The number of aryl methyl sites for hydroxylation is 1. The number of carbonyl (C=O) groups excluding carboxylic acids is 1. The van der Waals surface area contributed by atoms with Crippen LogP contribution in [0.25, 0.3) is 10.9 Å². The van der Waals surface area contributed by atoms with Gasteiger partial charge in [-0.25, -0.2) is 0 Å². The van der Waals surface area contributed by atoms with Gasteiger partial charge in [0, 0.05) is 24.5 Å². The first-order valence-electron chi connectivity index (χ1n) is 7.72. The van der Waals surface area contributed by atoms with Crippen molar-refractivity contribution in [2.24, 2.45) is 0 Å². The minimum Gasteiger partial charge on any atom is -0.347 e. The molecule has 7 heteroatoms. The fourth-order valence-electron chi connectivity index (χ4n) is 2.86. The highest BCUT2D eigenvalue weighted by Crippen LogP contribution is 2.10. The van der Waals surface area contributed by atoms with Crippen LogP contribution < -0.4 is 16.1 Å². The summed E-state index contributed by atoms with van der Waals surface area (Å²) in [6, 6.07) is 7.31. The molecule has 1 aromatic heterocycles. The summed E-state index contributed by atoms with van der Waals surface area (Å²) in [6.07, 6.45) is 1.95. The number of amides is 1. The smallest absolute Gasteiger partial charge is 0.276 e. The largest absolute Gasteiger partial charge is 0.347 e. The maximum absolute atomic E-state index is 12.5. The van der Waals surface area contributed by atoms with Crippen LogP contribution in [0.2, 0.25) is 0 Å². The lowest BCUT2D eigenvalue weighted by molar-refractivity contribution is 0.0922. The molecule has 2 N–H and O–H groups in total. The van der Waals surface area contributed by atoms with E-state index in [2.05, 4.69) is 15.7 Å². The molecular weight excluding hydrogens is 316 g/mol. The number of halogens is 1. The predicted molar refractivity (Wildman–Crippen MR) is 92.3 cm³/mol. The zero-order valence-corrected chi connectivity index (χ0v) is 13.9. The summed E-state index contributed by atoms with van der Waals surface area (Å²) in [6.45, 7) is 4.26. The Morgan fingerprint density at radius 2 is 2.22 bits per heavy atom. The number of aromatic nitrogens is 2. The zero-order chi connectivity index (χ0) is 15.5. The summed E-state index contributed by atoms with van der Waals surface area (Å²) in [5.41, 5.74) is 0.429. The van der Waals surface area contributed by atoms with Crippen molar-refractivity contribution in [3.05, 3.63) is 40.2 Å². The van der Waals surface area contributed by atoms with Gasteiger partial charge in [0.25, 0.3) is 5.91 Å². The SMILES string of the molecule is CCn1nc(C(=O)N[C@H]2CCCNC2)c(=O)c2ccccc21.Cl. The van der Waals surface area contributed by atoms with Crippen LogP contribution in [0.3, 0.4) is 0 Å². The minimum atomic E-state index is -0.383. The third-order valence-electron chi connectivity index (χ3n) is 4.01. The molecule has 1 aliphatic rings. The van der Waals surface area contributed by atoms with Crippen LogP contribution in [0.5, 0.6) is 0 Å². The summed E-state index contributed by atoms with van der Waals surface area (Å²) in [7, 11) is 0. The van der Waals surface area contributed by atoms with Crippen molar-refractivity contribution in [1.29, 1.82) is 0 Å². The minimum absolute atomic E-state index is 0. The molecule has 2 heterocycles. The van der Waals surface area contributed by atoms with Gasteiger partial charge in [0.15, 0.2) is 5.69 Å². The van der Waals surface area contributed by atoms with Crippen LogP contribution in [-0.4, -0.2) is 34.8 Å². The van der Waals surface area contributed by atoms with Gasteiger partial charge in [-0.2, -0.15) is 5.10 Å². The second-order valence-electron chi connectivity index (χ2n) is 5.53. The van der Waals surface area contributed by atoms with Crippen LogP contribution >= 0.6 is 12.4 Å². The highest BCUT2D eigenvalue weighted by Gasteiger charge is 2.21. The first-order valence-corrected chi connectivity index (χ1v) is 7.72. The zero-order valence-electron chi connectivity index (χ0n) is 13.0. The van der Waals surface area contributed by atoms with Gasteiger partial charge in [0.1, 0.15) is 0 Å². The van der Waals surface area contributed by atoms with Crippen LogP contribution in [0.1, 0.15) is 30.3 Å². The molecule has 1 atom stereocenters. The molecule has 2 aromatic rings. The highest BCUT2D eigenvalue weighted by atomic mass is 35.5. The Bertz CT molecular complexity index is 753. The Morgan fingerprint density at radius 1 is 1.43 bits per heavy atom. The third-order valence-corrected chi connectivity index (χ3v) is 4.01. The Morgan fingerprint density at radius 3 is 2.91 bits per heavy atom. The van der Waals surface area contributed by atoms with Gasteiger partial charge in [0.05, 0.1) is 5.52 Å². The molecule has 1 fully saturated rings. The molecule has 0 unspecified atom stereocenters. The van der Waals surface area contributed by atoms with Crippen molar-refractivity contribution >= 4 is 29.2 Å². The second kappa shape index (κ2) is 7.57. The van der Waals surface area contributed by atoms with Gasteiger partial charge in [-0.1, -0.05) is 12.1 Å². The number of hydrogen-bond donors (Lipinski definition) is 2. The summed E-state index contributed by atoms with van der Waals surface area (Å²) in [5.74, 6) is -0.383. The Labute approximate surface area is 140 Å². The van der Waals surface area contributed by atoms with E-state index >= 15 is 0 Å². The average Bonchev–Trinajstić information content (AvgIpc) is 2.56. The number of benzene rings is 1. The standard InChI is InChI=1S/C16H20N4O2.ClH/c1-2-20-13-8-4-3-7-12(13)15(21)14(19-20)16(22)18-11-6-5-9-17-10-11;/h3-4,7-8,11,17H,2,5-6,9-10H2,1H3,(H,18,22);1H/t11-;/m0./s1. The van der Waals surface area contributed by atoms with E-state index < -0.39 is 0 Å². The maximum Gasteiger partial charge on any atom is 0.276 e. The molecule has 0 saturated carbocycles. The van der Waals surface area contributed by atoms with Crippen molar-refractivity contribution < 1.29 is 4.79 Å². The topological polar surface area (TPSA) is 76.0 Å². The summed E-state index contributed by atoms with van der Waals surface area (Å²) in [4.78, 5) is 25.0. The van der Waals surface area contributed by atoms with Gasteiger partial charge in [-0.15, -0.1) is 12.4 Å². The highest BCUT2D eigenvalue weighted by molar-refractivity contribution is 5.95. The molecule has 1 amide bonds. The normalized spacial score (nSPS) is 17.5. The van der Waals surface area contributed by atoms with Crippen molar-refractivity contribution in [3.8, 4) is 0 Å². The second-order valence-corrected chi connectivity index (χ2v) is 5.53. The lowest BCUT2D eigenvalue weighted by atomic mass is 10.1. The number of fused-ring (bicyclic) bond motifs is 1. The molecule has 124 valence electrons. The quantitative estimate of drug-likeness (QED) is 0.886. The van der Waals surface area contributed by atoms with Crippen molar-refractivity contribution in [3.63, 3.8) is 0 Å². The number of piperidine rings is 1. The van der Waals surface area contributed by atoms with E-state index in [1.807, 2.05) is 19.1 Å². The number of rotatable bonds is 3. The van der Waals surface area contributed by atoms with Crippen LogP contribution in [0, 0.1) is 0 Å². The lowest BCUT2D eigenvalue weighted by Gasteiger charge is -2.23. The van der Waals surface area contributed by atoms with E-state index in [1.54, 1.807) is 16.8 Å². The Balaban J connectivity index is 0.00000192. The molecule has 0 bridgehead atoms. The molecular formula is C16H21ClN4O2. The van der Waals surface area contributed by atoms with Gasteiger partial charge in [-0.05, 0) is 38.4 Å². The van der Waals surface area contributed by atoms with E-state index in [4.69, 9.17) is 0 Å². The van der Waals surface area contributed by atoms with E-state index in [0.29, 0.717) is 11.9 Å². The fourth-order valence-corrected chi connectivity index (χ4v) is 2.86. The predicted octanol–water partition coefficient (Wildman–Crippen LogP) is 1.32. The molecule has 1 saturated heterocycles. The van der Waals surface area contributed by atoms with Crippen molar-refractivity contribution in [2.75, 3.05) is 13.1 Å². The van der Waals surface area contributed by atoms with Crippen molar-refractivity contribution in [2.45, 2.75) is 32.4 Å². The first-order chi connectivity index (χ1) is 10.7. The van der Waals surface area contributed by atoms with Gasteiger partial charge < -0.3 is 10.6 Å². The van der Waals surface area contributed by atoms with Crippen LogP contribution in [0.4, 0.5) is 0 Å². The van der Waals surface area contributed by atoms with Gasteiger partial charge in [-0.3, -0.25) is 14.3 Å². The van der Waals surface area contributed by atoms with E-state index in [-0.39, 0.29) is 35.5 Å². The monoisotopic (exact) mass is 336 g/mol. The first kappa shape index (κ1) is 17.4. The Kier molecular flexibility index (Phi) is 5.74. The molecule has 0 radical (unpaired) electrons. The van der Waals surface area contributed by atoms with E-state index in [1.165, 1.54) is 0 Å². The Hall–Kier alpha value is -1.92. The molecule has 6 nitrogen and oxygen atoms in total. The number of nitrogens with one attached hydrogen (secondary N) is 2. The van der Waals surface area contributed by atoms with Gasteiger partial charge in [0.2, 0.25) is 5.43 Å². The maximum atomic E-state index is 12.5. The fraction of sp³-hybridized carbons (Fsp3) is 0.438. The summed E-state index contributed by atoms with van der Waals surface area (Å²) >= 11 is 0. The lowest BCUT2D eigenvalue weighted by Crippen LogP contribution is -2.47.